The Labute approximate surface area is 97.6 Å². The summed E-state index contributed by atoms with van der Waals surface area (Å²) in [5.41, 5.74) is 0. The number of ether oxygens (including phenoxy) is 1. The summed E-state index contributed by atoms with van der Waals surface area (Å²) in [7, 11) is 0. The molecular formula is C12H24O4. The van der Waals surface area contributed by atoms with Gasteiger partial charge in [0, 0.05) is 13.3 Å². The molecule has 0 bridgehead atoms. The normalized spacial score (nSPS) is 14.5. The fourth-order valence-corrected chi connectivity index (χ4v) is 1.52. The summed E-state index contributed by atoms with van der Waals surface area (Å²) in [6.07, 6.45) is 4.18. The number of carbonyl (C=O) groups is 1. The quantitative estimate of drug-likeness (QED) is 0.468. The smallest absolute Gasteiger partial charge is 0.302 e. The highest BCUT2D eigenvalue weighted by atomic mass is 16.5. The largest absolute Gasteiger partial charge is 0.463 e. The first-order valence-corrected chi connectivity index (χ1v) is 6.05. The molecule has 0 aliphatic heterocycles. The van der Waals surface area contributed by atoms with Gasteiger partial charge >= 0.3 is 5.97 Å². The van der Waals surface area contributed by atoms with Crippen molar-refractivity contribution in [1.82, 2.24) is 0 Å². The van der Waals surface area contributed by atoms with E-state index >= 15 is 0 Å². The van der Waals surface area contributed by atoms with Crippen molar-refractivity contribution in [3.05, 3.63) is 0 Å². The minimum absolute atomic E-state index is 0.0264. The molecule has 0 fully saturated rings. The molecule has 0 aromatic carbocycles. The molecule has 0 aliphatic rings. The summed E-state index contributed by atoms with van der Waals surface area (Å²) in [4.78, 5) is 10.5. The van der Waals surface area contributed by atoms with Crippen molar-refractivity contribution in [3.63, 3.8) is 0 Å². The lowest BCUT2D eigenvalue weighted by Gasteiger charge is -2.15. The molecule has 4 heteroatoms. The van der Waals surface area contributed by atoms with E-state index in [2.05, 4.69) is 11.7 Å². The Hall–Kier alpha value is -0.610. The first-order valence-electron chi connectivity index (χ1n) is 6.05. The molecule has 0 spiro atoms. The first kappa shape index (κ1) is 15.4. The molecular weight excluding hydrogens is 208 g/mol. The Morgan fingerprint density at radius 3 is 2.44 bits per heavy atom. The highest BCUT2D eigenvalue weighted by Gasteiger charge is 2.12. The second-order valence-electron chi connectivity index (χ2n) is 4.20. The van der Waals surface area contributed by atoms with Gasteiger partial charge in [-0.3, -0.25) is 4.79 Å². The second kappa shape index (κ2) is 9.60. The van der Waals surface area contributed by atoms with Crippen molar-refractivity contribution in [2.24, 2.45) is 0 Å². The molecule has 0 aliphatic carbocycles. The van der Waals surface area contributed by atoms with Gasteiger partial charge in [-0.05, 0) is 6.42 Å². The van der Waals surface area contributed by atoms with E-state index in [0.717, 1.165) is 12.8 Å². The SMILES string of the molecule is CCCCCCC(O)CC(O)COC(C)=O. The van der Waals surface area contributed by atoms with Crippen LogP contribution in [0.2, 0.25) is 0 Å². The number of carbonyl (C=O) groups excluding carboxylic acids is 1. The summed E-state index contributed by atoms with van der Waals surface area (Å²) >= 11 is 0. The molecule has 0 heterocycles. The molecule has 0 radical (unpaired) electrons. The van der Waals surface area contributed by atoms with Gasteiger partial charge in [0.25, 0.3) is 0 Å². The number of esters is 1. The molecule has 0 rings (SSSR count). The topological polar surface area (TPSA) is 66.8 Å². The predicted molar refractivity (Wildman–Crippen MR) is 62.0 cm³/mol. The zero-order valence-electron chi connectivity index (χ0n) is 10.3. The van der Waals surface area contributed by atoms with E-state index in [4.69, 9.17) is 0 Å². The number of rotatable bonds is 9. The fraction of sp³-hybridized carbons (Fsp3) is 0.917. The van der Waals surface area contributed by atoms with Gasteiger partial charge in [-0.1, -0.05) is 32.6 Å². The molecule has 2 unspecified atom stereocenters. The lowest BCUT2D eigenvalue weighted by molar-refractivity contribution is -0.144. The molecule has 0 amide bonds. The van der Waals surface area contributed by atoms with Gasteiger partial charge in [-0.15, -0.1) is 0 Å². The number of aliphatic hydroxyl groups excluding tert-OH is 2. The molecule has 96 valence electrons. The minimum Gasteiger partial charge on any atom is -0.463 e. The molecule has 2 N–H and O–H groups in total. The van der Waals surface area contributed by atoms with E-state index in [9.17, 15) is 15.0 Å². The van der Waals surface area contributed by atoms with Crippen molar-refractivity contribution in [1.29, 1.82) is 0 Å². The van der Waals surface area contributed by atoms with Gasteiger partial charge in [-0.25, -0.2) is 0 Å². The summed E-state index contributed by atoms with van der Waals surface area (Å²) in [6.45, 7) is 3.41. The highest BCUT2D eigenvalue weighted by molar-refractivity contribution is 5.65. The molecule has 0 saturated heterocycles. The van der Waals surface area contributed by atoms with Crippen LogP contribution in [0.3, 0.4) is 0 Å². The van der Waals surface area contributed by atoms with Gasteiger partial charge in [0.15, 0.2) is 0 Å². The third-order valence-electron chi connectivity index (χ3n) is 2.41. The van der Waals surface area contributed by atoms with Crippen LogP contribution in [0.5, 0.6) is 0 Å². The van der Waals surface area contributed by atoms with Crippen molar-refractivity contribution < 1.29 is 19.7 Å². The highest BCUT2D eigenvalue weighted by Crippen LogP contribution is 2.09. The van der Waals surface area contributed by atoms with Crippen molar-refractivity contribution in [3.8, 4) is 0 Å². The van der Waals surface area contributed by atoms with E-state index in [0.29, 0.717) is 6.42 Å². The maximum atomic E-state index is 10.5. The summed E-state index contributed by atoms with van der Waals surface area (Å²) in [6, 6.07) is 0. The molecule has 16 heavy (non-hydrogen) atoms. The van der Waals surface area contributed by atoms with Gasteiger partial charge < -0.3 is 14.9 Å². The Morgan fingerprint density at radius 1 is 1.19 bits per heavy atom. The molecule has 2 atom stereocenters. The first-order chi connectivity index (χ1) is 7.56. The van der Waals surface area contributed by atoms with E-state index < -0.39 is 18.2 Å². The van der Waals surface area contributed by atoms with Crippen LogP contribution >= 0.6 is 0 Å². The van der Waals surface area contributed by atoms with Crippen molar-refractivity contribution in [2.45, 2.75) is 64.6 Å². The average molecular weight is 232 g/mol. The third-order valence-corrected chi connectivity index (χ3v) is 2.41. The Kier molecular flexibility index (Phi) is 9.24. The van der Waals surface area contributed by atoms with Crippen molar-refractivity contribution in [2.75, 3.05) is 6.61 Å². The summed E-state index contributed by atoms with van der Waals surface area (Å²) in [5, 5.41) is 19.0. The van der Waals surface area contributed by atoms with Crippen LogP contribution in [0, 0.1) is 0 Å². The maximum absolute atomic E-state index is 10.5. The van der Waals surface area contributed by atoms with Crippen LogP contribution in [-0.2, 0) is 9.53 Å². The van der Waals surface area contributed by atoms with Gasteiger partial charge in [0.05, 0.1) is 12.2 Å². The fourth-order valence-electron chi connectivity index (χ4n) is 1.52. The lowest BCUT2D eigenvalue weighted by atomic mass is 10.0. The molecule has 0 saturated carbocycles. The van der Waals surface area contributed by atoms with Crippen molar-refractivity contribution >= 4 is 5.97 Å². The monoisotopic (exact) mass is 232 g/mol. The summed E-state index contributed by atoms with van der Waals surface area (Å²) in [5.74, 6) is -0.406. The maximum Gasteiger partial charge on any atom is 0.302 e. The van der Waals surface area contributed by atoms with Gasteiger partial charge in [0.1, 0.15) is 6.61 Å². The van der Waals surface area contributed by atoms with E-state index in [1.54, 1.807) is 0 Å². The third kappa shape index (κ3) is 9.93. The van der Waals surface area contributed by atoms with E-state index in [1.807, 2.05) is 0 Å². The van der Waals surface area contributed by atoms with Crippen LogP contribution in [0.1, 0.15) is 52.4 Å². The van der Waals surface area contributed by atoms with Gasteiger partial charge in [0.2, 0.25) is 0 Å². The van der Waals surface area contributed by atoms with Crippen LogP contribution in [0.15, 0.2) is 0 Å². The van der Waals surface area contributed by atoms with E-state index in [1.165, 1.54) is 19.8 Å². The zero-order valence-corrected chi connectivity index (χ0v) is 10.3. The summed E-state index contributed by atoms with van der Waals surface area (Å²) < 4.78 is 4.65. The molecule has 4 nitrogen and oxygen atoms in total. The minimum atomic E-state index is -0.759. The predicted octanol–water partition coefficient (Wildman–Crippen LogP) is 1.63. The average Bonchev–Trinajstić information content (AvgIpc) is 2.21. The standard InChI is InChI=1S/C12H24O4/c1-3-4-5-6-7-11(14)8-12(15)9-16-10(2)13/h11-12,14-15H,3-9H2,1-2H3. The van der Waals surface area contributed by atoms with E-state index in [-0.39, 0.29) is 13.0 Å². The van der Waals surface area contributed by atoms with Crippen LogP contribution in [0.25, 0.3) is 0 Å². The molecule has 0 aromatic rings. The second-order valence-corrected chi connectivity index (χ2v) is 4.20. The Morgan fingerprint density at radius 2 is 1.88 bits per heavy atom. The van der Waals surface area contributed by atoms with Crippen LogP contribution in [0.4, 0.5) is 0 Å². The lowest BCUT2D eigenvalue weighted by Crippen LogP contribution is -2.23. The number of unbranched alkanes of at least 4 members (excludes halogenated alkanes) is 3. The van der Waals surface area contributed by atoms with Crippen LogP contribution < -0.4 is 0 Å². The number of hydrogen-bond donors (Lipinski definition) is 2. The molecule has 0 aromatic heterocycles. The zero-order chi connectivity index (χ0) is 12.4. The number of hydrogen-bond acceptors (Lipinski definition) is 4. The number of aliphatic hydroxyl groups is 2. The van der Waals surface area contributed by atoms with Crippen LogP contribution in [-0.4, -0.2) is 35.0 Å². The Balaban J connectivity index is 3.46. The Bertz CT molecular complexity index is 182. The van der Waals surface area contributed by atoms with Gasteiger partial charge in [-0.2, -0.15) is 0 Å².